The van der Waals surface area contributed by atoms with E-state index in [1.807, 2.05) is 0 Å². The molecule has 0 nitrogen and oxygen atoms in total. The van der Waals surface area contributed by atoms with Gasteiger partial charge in [-0.1, -0.05) is 32.0 Å². The van der Waals surface area contributed by atoms with E-state index in [4.69, 9.17) is 11.6 Å². The lowest BCUT2D eigenvalue weighted by Gasteiger charge is -2.06. The average Bonchev–Trinajstić information content (AvgIpc) is 1.91. The molecular formula is C7H16ClSi. The molecule has 0 heterocycles. The summed E-state index contributed by atoms with van der Waals surface area (Å²) in [5, 5.41) is 0. The fourth-order valence-corrected chi connectivity index (χ4v) is 3.16. The van der Waals surface area contributed by atoms with Crippen LogP contribution in [0, 0.1) is 0 Å². The molecule has 0 rings (SSSR count). The van der Waals surface area contributed by atoms with Crippen LogP contribution in [0.15, 0.2) is 0 Å². The first-order valence-electron chi connectivity index (χ1n) is 3.74. The first-order chi connectivity index (χ1) is 4.35. The number of rotatable bonds is 5. The summed E-state index contributed by atoms with van der Waals surface area (Å²) in [7, 11) is 0.0296. The molecule has 0 spiro atoms. The summed E-state index contributed by atoms with van der Waals surface area (Å²) in [4.78, 5) is 0. The summed E-state index contributed by atoms with van der Waals surface area (Å²) in [6.07, 6.45) is 1.23. The summed E-state index contributed by atoms with van der Waals surface area (Å²) < 4.78 is 0. The highest BCUT2D eigenvalue weighted by atomic mass is 35.5. The largest absolute Gasteiger partial charge is 0.127 e. The van der Waals surface area contributed by atoms with Crippen molar-refractivity contribution in [2.75, 3.05) is 5.88 Å². The maximum absolute atomic E-state index is 5.58. The van der Waals surface area contributed by atoms with Crippen LogP contribution in [0.25, 0.3) is 0 Å². The summed E-state index contributed by atoms with van der Waals surface area (Å²) in [6, 6.07) is 4.25. The predicted molar refractivity (Wildman–Crippen MR) is 46.9 cm³/mol. The molecule has 0 saturated carbocycles. The van der Waals surface area contributed by atoms with Crippen molar-refractivity contribution in [3.8, 4) is 0 Å². The Morgan fingerprint density at radius 2 is 1.78 bits per heavy atom. The molecule has 55 valence electrons. The zero-order valence-electron chi connectivity index (χ0n) is 6.41. The van der Waals surface area contributed by atoms with Gasteiger partial charge < -0.3 is 0 Å². The van der Waals surface area contributed by atoms with E-state index in [0.717, 1.165) is 5.88 Å². The third kappa shape index (κ3) is 4.98. The minimum atomic E-state index is 0.0296. The van der Waals surface area contributed by atoms with Crippen molar-refractivity contribution < 1.29 is 0 Å². The van der Waals surface area contributed by atoms with Crippen molar-refractivity contribution in [3.63, 3.8) is 0 Å². The molecular weight excluding hydrogens is 148 g/mol. The second-order valence-corrected chi connectivity index (χ2v) is 6.04. The average molecular weight is 164 g/mol. The lowest BCUT2D eigenvalue weighted by atomic mass is 10.6. The van der Waals surface area contributed by atoms with E-state index in [0.29, 0.717) is 0 Å². The van der Waals surface area contributed by atoms with E-state index >= 15 is 0 Å². The Bertz CT molecular complexity index is 52.9. The topological polar surface area (TPSA) is 0 Å². The molecule has 1 radical (unpaired) electrons. The van der Waals surface area contributed by atoms with Gasteiger partial charge >= 0.3 is 0 Å². The van der Waals surface area contributed by atoms with Crippen molar-refractivity contribution in [2.45, 2.75) is 38.4 Å². The molecule has 0 aliphatic heterocycles. The number of halogens is 1. The third-order valence-corrected chi connectivity index (χ3v) is 4.99. The highest BCUT2D eigenvalue weighted by Gasteiger charge is 2.03. The molecule has 0 saturated heterocycles. The molecule has 0 aromatic heterocycles. The fourth-order valence-electron chi connectivity index (χ4n) is 0.920. The second-order valence-electron chi connectivity index (χ2n) is 2.25. The van der Waals surface area contributed by atoms with E-state index in [1.54, 1.807) is 0 Å². The molecule has 0 aromatic rings. The van der Waals surface area contributed by atoms with Crippen molar-refractivity contribution in [2.24, 2.45) is 0 Å². The molecule has 0 aliphatic carbocycles. The quantitative estimate of drug-likeness (QED) is 0.432. The monoisotopic (exact) mass is 163 g/mol. The molecule has 0 fully saturated rings. The molecule has 0 amide bonds. The Morgan fingerprint density at radius 3 is 2.11 bits per heavy atom. The lowest BCUT2D eigenvalue weighted by molar-refractivity contribution is 1.05. The van der Waals surface area contributed by atoms with Gasteiger partial charge in [0.15, 0.2) is 0 Å². The summed E-state index contributed by atoms with van der Waals surface area (Å²) >= 11 is 5.58. The number of alkyl halides is 1. The first-order valence-corrected chi connectivity index (χ1v) is 6.40. The maximum atomic E-state index is 5.58. The van der Waals surface area contributed by atoms with Gasteiger partial charge in [0.05, 0.1) is 0 Å². The van der Waals surface area contributed by atoms with Gasteiger partial charge in [-0.25, -0.2) is 0 Å². The molecule has 0 atom stereocenters. The van der Waals surface area contributed by atoms with Crippen molar-refractivity contribution in [1.29, 1.82) is 0 Å². The van der Waals surface area contributed by atoms with Gasteiger partial charge in [0.2, 0.25) is 0 Å². The van der Waals surface area contributed by atoms with Crippen LogP contribution < -0.4 is 0 Å². The lowest BCUT2D eigenvalue weighted by Crippen LogP contribution is -2.07. The molecule has 0 bridgehead atoms. The highest BCUT2D eigenvalue weighted by Crippen LogP contribution is 2.07. The second kappa shape index (κ2) is 6.62. The van der Waals surface area contributed by atoms with Crippen LogP contribution in [0.1, 0.15) is 20.3 Å². The maximum Gasteiger partial charge on any atom is 0.0473 e. The van der Waals surface area contributed by atoms with Gasteiger partial charge in [-0.05, 0) is 6.42 Å². The van der Waals surface area contributed by atoms with Gasteiger partial charge in [0.25, 0.3) is 0 Å². The Morgan fingerprint density at radius 1 is 1.22 bits per heavy atom. The van der Waals surface area contributed by atoms with Crippen molar-refractivity contribution >= 4 is 20.4 Å². The van der Waals surface area contributed by atoms with Gasteiger partial charge in [0.1, 0.15) is 0 Å². The van der Waals surface area contributed by atoms with Crippen LogP contribution in [-0.4, -0.2) is 14.7 Å². The summed E-state index contributed by atoms with van der Waals surface area (Å²) in [5.41, 5.74) is 0. The van der Waals surface area contributed by atoms with Crippen molar-refractivity contribution in [3.05, 3.63) is 0 Å². The standard InChI is InChI=1S/C7H16ClSi/c1-3-9(4-2)7-5-6-8/h3-7H2,1-2H3. The molecule has 2 heteroatoms. The van der Waals surface area contributed by atoms with E-state index in [2.05, 4.69) is 13.8 Å². The Balaban J connectivity index is 3.09. The summed E-state index contributed by atoms with van der Waals surface area (Å²) in [6.45, 7) is 4.60. The normalized spacial score (nSPS) is 10.7. The third-order valence-electron chi connectivity index (χ3n) is 1.66. The van der Waals surface area contributed by atoms with Gasteiger partial charge in [-0.15, -0.1) is 11.6 Å². The van der Waals surface area contributed by atoms with Crippen LogP contribution in [0.2, 0.25) is 18.1 Å². The van der Waals surface area contributed by atoms with Crippen LogP contribution in [0.4, 0.5) is 0 Å². The Kier molecular flexibility index (Phi) is 7.00. The smallest absolute Gasteiger partial charge is 0.0473 e. The van der Waals surface area contributed by atoms with E-state index in [-0.39, 0.29) is 8.80 Å². The van der Waals surface area contributed by atoms with Crippen LogP contribution >= 0.6 is 11.6 Å². The Hall–Kier alpha value is 0.507. The van der Waals surface area contributed by atoms with Gasteiger partial charge in [0, 0.05) is 14.7 Å². The Labute approximate surface area is 65.2 Å². The van der Waals surface area contributed by atoms with Crippen LogP contribution in [-0.2, 0) is 0 Å². The highest BCUT2D eigenvalue weighted by molar-refractivity contribution is 6.58. The zero-order valence-corrected chi connectivity index (χ0v) is 8.17. The zero-order chi connectivity index (χ0) is 7.11. The predicted octanol–water partition coefficient (Wildman–Crippen LogP) is 3.15. The number of hydrogen-bond donors (Lipinski definition) is 0. The molecule has 0 aromatic carbocycles. The summed E-state index contributed by atoms with van der Waals surface area (Å²) in [5.74, 6) is 0.855. The molecule has 9 heavy (non-hydrogen) atoms. The van der Waals surface area contributed by atoms with Gasteiger partial charge in [-0.2, -0.15) is 0 Å². The first kappa shape index (κ1) is 9.51. The van der Waals surface area contributed by atoms with Crippen molar-refractivity contribution in [1.82, 2.24) is 0 Å². The minimum absolute atomic E-state index is 0.0296. The van der Waals surface area contributed by atoms with E-state index in [9.17, 15) is 0 Å². The SMILES string of the molecule is CC[Si](CC)CCCCl. The minimum Gasteiger partial charge on any atom is -0.127 e. The van der Waals surface area contributed by atoms with Crippen LogP contribution in [0.3, 0.4) is 0 Å². The van der Waals surface area contributed by atoms with Gasteiger partial charge in [-0.3, -0.25) is 0 Å². The van der Waals surface area contributed by atoms with E-state index < -0.39 is 0 Å². The van der Waals surface area contributed by atoms with Crippen LogP contribution in [0.5, 0.6) is 0 Å². The number of hydrogen-bond acceptors (Lipinski definition) is 0. The molecule has 0 unspecified atom stereocenters. The molecule has 0 aliphatic rings. The fraction of sp³-hybridized carbons (Fsp3) is 1.00. The van der Waals surface area contributed by atoms with E-state index in [1.165, 1.54) is 24.6 Å². The molecule has 0 N–H and O–H groups in total.